The zero-order valence-corrected chi connectivity index (χ0v) is 11.0. The van der Waals surface area contributed by atoms with Gasteiger partial charge in [0.05, 0.1) is 5.69 Å². The second kappa shape index (κ2) is 4.34. The minimum absolute atomic E-state index is 0.437. The molecule has 0 spiro atoms. The molecule has 4 heteroatoms. The molecular formula is C14H22N4. The SMILES string of the molecule is CN(CC1CC2CCC1C2)c1ccc(N)c(N)n1. The lowest BCUT2D eigenvalue weighted by molar-refractivity contribution is 0.337. The van der Waals surface area contributed by atoms with E-state index in [1.54, 1.807) is 0 Å². The third kappa shape index (κ3) is 2.00. The summed E-state index contributed by atoms with van der Waals surface area (Å²) < 4.78 is 0. The molecule has 3 rings (SSSR count). The van der Waals surface area contributed by atoms with Crippen LogP contribution < -0.4 is 16.4 Å². The third-order valence-electron chi connectivity index (χ3n) is 4.73. The van der Waals surface area contributed by atoms with E-state index in [0.29, 0.717) is 11.5 Å². The predicted octanol–water partition coefficient (Wildman–Crippen LogP) is 2.12. The number of anilines is 3. The summed E-state index contributed by atoms with van der Waals surface area (Å²) in [6.45, 7) is 1.09. The Morgan fingerprint density at radius 2 is 2.11 bits per heavy atom. The standard InChI is InChI=1S/C14H22N4/c1-18(13-5-4-12(15)14(16)17-13)8-11-7-9-2-3-10(11)6-9/h4-5,9-11H,2-3,6-8,15H2,1H3,(H2,16,17). The van der Waals surface area contributed by atoms with Crippen molar-refractivity contribution >= 4 is 17.3 Å². The van der Waals surface area contributed by atoms with Crippen molar-refractivity contribution in [2.24, 2.45) is 17.8 Å². The van der Waals surface area contributed by atoms with E-state index in [4.69, 9.17) is 11.5 Å². The average molecular weight is 246 g/mol. The van der Waals surface area contributed by atoms with Crippen LogP contribution in [0.15, 0.2) is 12.1 Å². The lowest BCUT2D eigenvalue weighted by Crippen LogP contribution is -2.29. The first kappa shape index (κ1) is 11.6. The fraction of sp³-hybridized carbons (Fsp3) is 0.643. The molecule has 0 amide bonds. The number of hydrogen-bond acceptors (Lipinski definition) is 4. The first-order valence-electron chi connectivity index (χ1n) is 6.86. The third-order valence-corrected chi connectivity index (χ3v) is 4.73. The van der Waals surface area contributed by atoms with E-state index in [-0.39, 0.29) is 0 Å². The number of hydrogen-bond donors (Lipinski definition) is 2. The first-order valence-corrected chi connectivity index (χ1v) is 6.86. The zero-order valence-electron chi connectivity index (χ0n) is 11.0. The number of nitrogens with zero attached hydrogens (tertiary/aromatic N) is 2. The van der Waals surface area contributed by atoms with Gasteiger partial charge in [0.25, 0.3) is 0 Å². The van der Waals surface area contributed by atoms with Crippen LogP contribution in [0.25, 0.3) is 0 Å². The molecule has 0 radical (unpaired) electrons. The van der Waals surface area contributed by atoms with Crippen molar-refractivity contribution < 1.29 is 0 Å². The number of nitrogen functional groups attached to an aromatic ring is 2. The predicted molar refractivity (Wildman–Crippen MR) is 75.3 cm³/mol. The molecule has 3 atom stereocenters. The number of nitrogens with two attached hydrogens (primary N) is 2. The summed E-state index contributed by atoms with van der Waals surface area (Å²) in [6, 6.07) is 3.80. The van der Waals surface area contributed by atoms with Crippen LogP contribution in [0, 0.1) is 17.8 Å². The van der Waals surface area contributed by atoms with Gasteiger partial charge in [-0.1, -0.05) is 6.42 Å². The molecule has 1 aromatic rings. The van der Waals surface area contributed by atoms with Gasteiger partial charge in [0.1, 0.15) is 11.6 Å². The second-order valence-electron chi connectivity index (χ2n) is 5.96. The Kier molecular flexibility index (Phi) is 2.80. The molecule has 4 nitrogen and oxygen atoms in total. The molecule has 2 aliphatic rings. The Bertz CT molecular complexity index is 445. The first-order chi connectivity index (χ1) is 8.63. The van der Waals surface area contributed by atoms with Crippen LogP contribution >= 0.6 is 0 Å². The maximum Gasteiger partial charge on any atom is 0.149 e. The molecule has 0 aromatic carbocycles. The maximum atomic E-state index is 5.76. The van der Waals surface area contributed by atoms with E-state index in [2.05, 4.69) is 16.9 Å². The van der Waals surface area contributed by atoms with Gasteiger partial charge >= 0.3 is 0 Å². The Hall–Kier alpha value is -1.45. The van der Waals surface area contributed by atoms with E-state index in [1.807, 2.05) is 12.1 Å². The lowest BCUT2D eigenvalue weighted by Gasteiger charge is -2.28. The van der Waals surface area contributed by atoms with Crippen LogP contribution in [0.5, 0.6) is 0 Å². The molecule has 0 aliphatic heterocycles. The van der Waals surface area contributed by atoms with Crippen molar-refractivity contribution in [3.63, 3.8) is 0 Å². The summed E-state index contributed by atoms with van der Waals surface area (Å²) in [5.74, 6) is 4.16. The largest absolute Gasteiger partial charge is 0.396 e. The van der Waals surface area contributed by atoms with Gasteiger partial charge in [-0.2, -0.15) is 0 Å². The van der Waals surface area contributed by atoms with Crippen molar-refractivity contribution in [3.8, 4) is 0 Å². The van der Waals surface area contributed by atoms with Crippen LogP contribution in [0.2, 0.25) is 0 Å². The quantitative estimate of drug-likeness (QED) is 0.857. The molecular weight excluding hydrogens is 224 g/mol. The number of pyridine rings is 1. The van der Waals surface area contributed by atoms with E-state index in [1.165, 1.54) is 25.7 Å². The van der Waals surface area contributed by atoms with Gasteiger partial charge in [0.2, 0.25) is 0 Å². The molecule has 2 fully saturated rings. The summed E-state index contributed by atoms with van der Waals surface area (Å²) in [4.78, 5) is 6.58. The number of fused-ring (bicyclic) bond motifs is 2. The topological polar surface area (TPSA) is 68.2 Å². The molecule has 3 unspecified atom stereocenters. The summed E-state index contributed by atoms with van der Waals surface area (Å²) in [5, 5.41) is 0. The Morgan fingerprint density at radius 1 is 1.28 bits per heavy atom. The van der Waals surface area contributed by atoms with Gasteiger partial charge in [-0.25, -0.2) is 4.98 Å². The van der Waals surface area contributed by atoms with Gasteiger partial charge in [0.15, 0.2) is 0 Å². The highest BCUT2D eigenvalue weighted by Gasteiger charge is 2.39. The van der Waals surface area contributed by atoms with Crippen molar-refractivity contribution in [3.05, 3.63) is 12.1 Å². The molecule has 1 heterocycles. The van der Waals surface area contributed by atoms with Crippen molar-refractivity contribution in [1.82, 2.24) is 4.98 Å². The van der Waals surface area contributed by atoms with E-state index in [0.717, 1.165) is 30.1 Å². The zero-order chi connectivity index (χ0) is 12.7. The van der Waals surface area contributed by atoms with Crippen LogP contribution in [0.3, 0.4) is 0 Å². The monoisotopic (exact) mass is 246 g/mol. The van der Waals surface area contributed by atoms with Crippen LogP contribution in [0.4, 0.5) is 17.3 Å². The Balaban J connectivity index is 1.67. The minimum atomic E-state index is 0.437. The van der Waals surface area contributed by atoms with E-state index >= 15 is 0 Å². The molecule has 18 heavy (non-hydrogen) atoms. The van der Waals surface area contributed by atoms with Crippen LogP contribution in [0.1, 0.15) is 25.7 Å². The fourth-order valence-electron chi connectivity index (χ4n) is 3.73. The van der Waals surface area contributed by atoms with Crippen LogP contribution in [-0.4, -0.2) is 18.6 Å². The van der Waals surface area contributed by atoms with Gasteiger partial charge in [0, 0.05) is 13.6 Å². The summed E-state index contributed by atoms with van der Waals surface area (Å²) in [5.41, 5.74) is 12.0. The molecule has 4 N–H and O–H groups in total. The minimum Gasteiger partial charge on any atom is -0.396 e. The maximum absolute atomic E-state index is 5.76. The molecule has 98 valence electrons. The normalized spacial score (nSPS) is 29.7. The highest BCUT2D eigenvalue weighted by molar-refractivity contribution is 5.62. The van der Waals surface area contributed by atoms with Crippen molar-refractivity contribution in [1.29, 1.82) is 0 Å². The fourth-order valence-corrected chi connectivity index (χ4v) is 3.73. The van der Waals surface area contributed by atoms with E-state index in [9.17, 15) is 0 Å². The molecule has 2 bridgehead atoms. The molecule has 2 aliphatic carbocycles. The van der Waals surface area contributed by atoms with Gasteiger partial charge < -0.3 is 16.4 Å². The Morgan fingerprint density at radius 3 is 2.72 bits per heavy atom. The summed E-state index contributed by atoms with van der Waals surface area (Å²) in [7, 11) is 2.10. The van der Waals surface area contributed by atoms with Crippen LogP contribution in [-0.2, 0) is 0 Å². The average Bonchev–Trinajstić information content (AvgIpc) is 2.94. The molecule has 0 saturated heterocycles. The molecule has 2 saturated carbocycles. The number of aromatic nitrogens is 1. The number of rotatable bonds is 3. The van der Waals surface area contributed by atoms with Gasteiger partial charge in [-0.05, 0) is 49.1 Å². The Labute approximate surface area is 108 Å². The van der Waals surface area contributed by atoms with Gasteiger partial charge in [-0.15, -0.1) is 0 Å². The molecule has 1 aromatic heterocycles. The highest BCUT2D eigenvalue weighted by Crippen LogP contribution is 2.48. The second-order valence-corrected chi connectivity index (χ2v) is 5.96. The summed E-state index contributed by atoms with van der Waals surface area (Å²) >= 11 is 0. The lowest BCUT2D eigenvalue weighted by atomic mass is 9.88. The van der Waals surface area contributed by atoms with Crippen molar-refractivity contribution in [2.75, 3.05) is 30.0 Å². The van der Waals surface area contributed by atoms with E-state index < -0.39 is 0 Å². The summed E-state index contributed by atoms with van der Waals surface area (Å²) in [6.07, 6.45) is 5.74. The highest BCUT2D eigenvalue weighted by atomic mass is 15.2. The van der Waals surface area contributed by atoms with Crippen molar-refractivity contribution in [2.45, 2.75) is 25.7 Å². The smallest absolute Gasteiger partial charge is 0.149 e. The van der Waals surface area contributed by atoms with Gasteiger partial charge in [-0.3, -0.25) is 0 Å².